The number of aromatic nitrogens is 4. The number of rotatable bonds is 4. The number of nitrogens with zero attached hydrogens (tertiary/aromatic N) is 5. The topological polar surface area (TPSA) is 102 Å². The van der Waals surface area contributed by atoms with E-state index >= 15 is 0 Å². The monoisotopic (exact) mass is 360 g/mol. The van der Waals surface area contributed by atoms with E-state index in [0.717, 1.165) is 0 Å². The Hall–Kier alpha value is -2.91. The molecular weight excluding hydrogens is 352 g/mol. The van der Waals surface area contributed by atoms with Crippen LogP contribution in [0.15, 0.2) is 47.7 Å². The predicted molar refractivity (Wildman–Crippen MR) is 91.7 cm³/mol. The van der Waals surface area contributed by atoms with Gasteiger partial charge in [0.1, 0.15) is 10.7 Å². The number of nitro benzene ring substituents is 1. The summed E-state index contributed by atoms with van der Waals surface area (Å²) in [7, 11) is 0. The van der Waals surface area contributed by atoms with E-state index in [9.17, 15) is 10.1 Å². The summed E-state index contributed by atoms with van der Waals surface area (Å²) in [6.07, 6.45) is 3.06. The molecule has 0 aliphatic heterocycles. The lowest BCUT2D eigenvalue weighted by Crippen LogP contribution is -1.97. The van der Waals surface area contributed by atoms with Crippen LogP contribution in [-0.4, -0.2) is 31.0 Å². The van der Waals surface area contributed by atoms with Gasteiger partial charge in [0, 0.05) is 17.8 Å². The summed E-state index contributed by atoms with van der Waals surface area (Å²) < 4.78 is 1.66. The van der Waals surface area contributed by atoms with Crippen molar-refractivity contribution in [3.8, 4) is 11.5 Å². The zero-order valence-electron chi connectivity index (χ0n) is 12.0. The Labute approximate surface area is 145 Å². The zero-order chi connectivity index (χ0) is 17.1. The van der Waals surface area contributed by atoms with Gasteiger partial charge in [-0.25, -0.2) is 5.10 Å². The third kappa shape index (κ3) is 3.21. The highest BCUT2D eigenvalue weighted by Crippen LogP contribution is 2.24. The fourth-order valence-corrected chi connectivity index (χ4v) is 2.30. The summed E-state index contributed by atoms with van der Waals surface area (Å²) in [4.78, 5) is 14.6. The molecule has 2 heterocycles. The van der Waals surface area contributed by atoms with Crippen LogP contribution in [0.25, 0.3) is 11.5 Å². The molecule has 3 rings (SSSR count). The van der Waals surface area contributed by atoms with Crippen molar-refractivity contribution in [2.45, 2.75) is 0 Å². The molecule has 0 bridgehead atoms. The van der Waals surface area contributed by atoms with Gasteiger partial charge in [0.2, 0.25) is 10.6 Å². The Bertz CT molecular complexity index is 982. The van der Waals surface area contributed by atoms with Gasteiger partial charge in [0.05, 0.1) is 11.1 Å². The van der Waals surface area contributed by atoms with Crippen LogP contribution >= 0.6 is 23.8 Å². The quantitative estimate of drug-likeness (QED) is 0.332. The molecule has 10 heteroatoms. The van der Waals surface area contributed by atoms with Crippen molar-refractivity contribution >= 4 is 35.7 Å². The first-order valence-corrected chi connectivity index (χ1v) is 7.42. The van der Waals surface area contributed by atoms with E-state index in [1.165, 1.54) is 23.0 Å². The highest BCUT2D eigenvalue weighted by Gasteiger charge is 2.12. The highest BCUT2D eigenvalue weighted by molar-refractivity contribution is 7.71. The van der Waals surface area contributed by atoms with Crippen molar-refractivity contribution in [1.82, 2.24) is 19.9 Å². The van der Waals surface area contributed by atoms with Crippen molar-refractivity contribution < 1.29 is 4.92 Å². The van der Waals surface area contributed by atoms with Crippen LogP contribution in [-0.2, 0) is 0 Å². The minimum atomic E-state index is -0.553. The number of benzene rings is 1. The van der Waals surface area contributed by atoms with Crippen LogP contribution in [0.1, 0.15) is 5.56 Å². The number of hydrogen-bond donors (Lipinski definition) is 1. The number of hydrogen-bond acceptors (Lipinski definition) is 6. The van der Waals surface area contributed by atoms with Gasteiger partial charge in [-0.1, -0.05) is 23.7 Å². The number of H-pyrrole nitrogens is 1. The number of aromatic amines is 1. The zero-order valence-corrected chi connectivity index (χ0v) is 13.5. The SMILES string of the molecule is O=[N+]([O-])c1cc(/C=N\n2c(-c3ccccn3)n[nH]c2=S)ccc1Cl. The minimum absolute atomic E-state index is 0.0613. The average Bonchev–Trinajstić information content (AvgIpc) is 2.95. The normalized spacial score (nSPS) is 11.0. The standard InChI is InChI=1S/C14H9ClN6O2S/c15-10-5-4-9(7-12(10)21(22)23)8-17-20-13(18-19-14(20)24)11-3-1-2-6-16-11/h1-8H,(H,19,24)/b17-8-. The summed E-state index contributed by atoms with van der Waals surface area (Å²) in [5.74, 6) is 0.431. The second-order valence-corrected chi connectivity index (χ2v) is 5.39. The lowest BCUT2D eigenvalue weighted by Gasteiger charge is -2.00. The van der Waals surface area contributed by atoms with Crippen molar-refractivity contribution in [1.29, 1.82) is 0 Å². The molecule has 0 radical (unpaired) electrons. The molecule has 120 valence electrons. The second kappa shape index (κ2) is 6.69. The van der Waals surface area contributed by atoms with Crippen LogP contribution in [0.3, 0.4) is 0 Å². The third-order valence-electron chi connectivity index (χ3n) is 3.03. The predicted octanol–water partition coefficient (Wildman–Crippen LogP) is 3.45. The molecule has 0 spiro atoms. The van der Waals surface area contributed by atoms with E-state index < -0.39 is 4.92 Å². The number of nitro groups is 1. The molecule has 0 aliphatic rings. The third-order valence-corrected chi connectivity index (χ3v) is 3.62. The van der Waals surface area contributed by atoms with Crippen molar-refractivity contribution in [2.24, 2.45) is 5.10 Å². The second-order valence-electron chi connectivity index (χ2n) is 4.59. The Morgan fingerprint density at radius 1 is 1.38 bits per heavy atom. The van der Waals surface area contributed by atoms with E-state index in [0.29, 0.717) is 17.1 Å². The molecule has 0 unspecified atom stereocenters. The summed E-state index contributed by atoms with van der Waals surface area (Å²) >= 11 is 10.9. The molecule has 2 aromatic heterocycles. The smallest absolute Gasteiger partial charge is 0.258 e. The Balaban J connectivity index is 1.99. The van der Waals surface area contributed by atoms with Crippen LogP contribution in [0.4, 0.5) is 5.69 Å². The lowest BCUT2D eigenvalue weighted by molar-refractivity contribution is -0.384. The van der Waals surface area contributed by atoms with Crippen molar-refractivity contribution in [3.63, 3.8) is 0 Å². The summed E-state index contributed by atoms with van der Waals surface area (Å²) in [5, 5.41) is 22.0. The molecule has 24 heavy (non-hydrogen) atoms. The van der Waals surface area contributed by atoms with Gasteiger partial charge in [-0.2, -0.15) is 14.9 Å². The van der Waals surface area contributed by atoms with E-state index in [-0.39, 0.29) is 15.5 Å². The molecule has 0 saturated carbocycles. The highest BCUT2D eigenvalue weighted by atomic mass is 35.5. The molecule has 1 aromatic carbocycles. The van der Waals surface area contributed by atoms with E-state index in [1.54, 1.807) is 24.4 Å². The molecule has 1 N–H and O–H groups in total. The van der Waals surface area contributed by atoms with Crippen LogP contribution in [0, 0.1) is 14.9 Å². The van der Waals surface area contributed by atoms with Gasteiger partial charge in [-0.05, 0) is 30.4 Å². The molecule has 8 nitrogen and oxygen atoms in total. The van der Waals surface area contributed by atoms with Crippen molar-refractivity contribution in [3.05, 3.63) is 68.1 Å². The van der Waals surface area contributed by atoms with Gasteiger partial charge >= 0.3 is 0 Å². The summed E-state index contributed by atoms with van der Waals surface area (Å²) in [6, 6.07) is 9.75. The number of nitrogens with one attached hydrogen (secondary N) is 1. The van der Waals surface area contributed by atoms with E-state index in [2.05, 4.69) is 20.3 Å². The van der Waals surface area contributed by atoms with Gasteiger partial charge in [-0.15, -0.1) is 0 Å². The van der Waals surface area contributed by atoms with Gasteiger partial charge < -0.3 is 0 Å². The maximum atomic E-state index is 10.9. The van der Waals surface area contributed by atoms with Crippen LogP contribution in [0.5, 0.6) is 0 Å². The first kappa shape index (κ1) is 16.0. The minimum Gasteiger partial charge on any atom is -0.258 e. The van der Waals surface area contributed by atoms with Gasteiger partial charge in [0.25, 0.3) is 5.69 Å². The molecule has 0 saturated heterocycles. The van der Waals surface area contributed by atoms with Gasteiger partial charge in [0.15, 0.2) is 0 Å². The molecule has 3 aromatic rings. The van der Waals surface area contributed by atoms with Gasteiger partial charge in [-0.3, -0.25) is 15.1 Å². The summed E-state index contributed by atoms with van der Waals surface area (Å²) in [5.41, 5.74) is 0.895. The largest absolute Gasteiger partial charge is 0.288 e. The Kier molecular flexibility index (Phi) is 4.45. The molecule has 0 atom stereocenters. The maximum Gasteiger partial charge on any atom is 0.288 e. The van der Waals surface area contributed by atoms with Crippen LogP contribution < -0.4 is 0 Å². The first-order valence-electron chi connectivity index (χ1n) is 6.63. The van der Waals surface area contributed by atoms with Crippen LogP contribution in [0.2, 0.25) is 5.02 Å². The van der Waals surface area contributed by atoms with E-state index in [1.807, 2.05) is 6.07 Å². The summed E-state index contributed by atoms with van der Waals surface area (Å²) in [6.45, 7) is 0. The fourth-order valence-electron chi connectivity index (χ4n) is 1.93. The Morgan fingerprint density at radius 2 is 2.21 bits per heavy atom. The number of halogens is 1. The molecular formula is C14H9ClN6O2S. The first-order chi connectivity index (χ1) is 11.6. The average molecular weight is 361 g/mol. The fraction of sp³-hybridized carbons (Fsp3) is 0. The number of pyridine rings is 1. The lowest BCUT2D eigenvalue weighted by atomic mass is 10.2. The molecule has 0 fully saturated rings. The maximum absolute atomic E-state index is 10.9. The molecule has 0 aliphatic carbocycles. The molecule has 0 amide bonds. The Morgan fingerprint density at radius 3 is 2.92 bits per heavy atom. The van der Waals surface area contributed by atoms with E-state index in [4.69, 9.17) is 23.8 Å². The van der Waals surface area contributed by atoms with Crippen molar-refractivity contribution in [2.75, 3.05) is 0 Å².